The van der Waals surface area contributed by atoms with Crippen molar-refractivity contribution in [3.05, 3.63) is 51.6 Å². The Morgan fingerprint density at radius 1 is 1.53 bits per heavy atom. The van der Waals surface area contributed by atoms with Crippen molar-refractivity contribution >= 4 is 23.0 Å². The van der Waals surface area contributed by atoms with Gasteiger partial charge in [0.1, 0.15) is 5.02 Å². The number of nitrogens with one attached hydrogen (secondary N) is 1. The lowest BCUT2D eigenvalue weighted by molar-refractivity contribution is -0.384. The van der Waals surface area contributed by atoms with E-state index in [-0.39, 0.29) is 10.7 Å². The van der Waals surface area contributed by atoms with E-state index in [0.29, 0.717) is 6.54 Å². The fraction of sp³-hybridized carbons (Fsp3) is 0.250. The molecule has 2 rings (SSSR count). The van der Waals surface area contributed by atoms with Crippen LogP contribution in [-0.2, 0) is 13.1 Å². The molecule has 6 nitrogen and oxygen atoms in total. The molecule has 1 N–H and O–H groups in total. The zero-order valence-corrected chi connectivity index (χ0v) is 11.1. The Morgan fingerprint density at radius 2 is 2.32 bits per heavy atom. The molecule has 0 spiro atoms. The summed E-state index contributed by atoms with van der Waals surface area (Å²) in [5, 5.41) is 13.9. The quantitative estimate of drug-likeness (QED) is 0.675. The van der Waals surface area contributed by atoms with Crippen molar-refractivity contribution < 1.29 is 4.92 Å². The first-order valence-corrected chi connectivity index (χ1v) is 6.16. The van der Waals surface area contributed by atoms with E-state index in [1.807, 2.05) is 11.5 Å². The van der Waals surface area contributed by atoms with Crippen molar-refractivity contribution in [2.75, 3.05) is 5.32 Å². The summed E-state index contributed by atoms with van der Waals surface area (Å²) < 4.78 is 2.01. The highest BCUT2D eigenvalue weighted by Crippen LogP contribution is 2.27. The Morgan fingerprint density at radius 3 is 2.95 bits per heavy atom. The molecule has 0 amide bonds. The molecule has 0 saturated carbocycles. The van der Waals surface area contributed by atoms with Gasteiger partial charge in [0.25, 0.3) is 5.69 Å². The topological polar surface area (TPSA) is 73.0 Å². The molecule has 19 heavy (non-hydrogen) atoms. The number of halogens is 1. The van der Waals surface area contributed by atoms with Crippen LogP contribution in [0.5, 0.6) is 0 Å². The number of anilines is 1. The van der Waals surface area contributed by atoms with Crippen LogP contribution in [0.1, 0.15) is 12.6 Å². The molecule has 0 saturated heterocycles. The van der Waals surface area contributed by atoms with Gasteiger partial charge in [0.05, 0.1) is 23.5 Å². The first-order valence-electron chi connectivity index (χ1n) is 5.78. The van der Waals surface area contributed by atoms with Gasteiger partial charge in [-0.25, -0.2) is 4.98 Å². The van der Waals surface area contributed by atoms with Gasteiger partial charge in [-0.05, 0) is 19.1 Å². The molecular weight excluding hydrogens is 268 g/mol. The van der Waals surface area contributed by atoms with Crippen LogP contribution in [0.2, 0.25) is 5.02 Å². The molecule has 0 radical (unpaired) electrons. The third-order valence-electron chi connectivity index (χ3n) is 2.76. The molecule has 0 aliphatic rings. The minimum absolute atomic E-state index is 0.0918. The number of hydrogen-bond donors (Lipinski definition) is 1. The van der Waals surface area contributed by atoms with Gasteiger partial charge in [0, 0.05) is 24.5 Å². The maximum atomic E-state index is 10.7. The lowest BCUT2D eigenvalue weighted by Crippen LogP contribution is -2.06. The largest absolute Gasteiger partial charge is 0.379 e. The number of nitro groups is 1. The smallest absolute Gasteiger partial charge is 0.288 e. The first kappa shape index (κ1) is 13.4. The van der Waals surface area contributed by atoms with E-state index >= 15 is 0 Å². The van der Waals surface area contributed by atoms with Gasteiger partial charge in [-0.2, -0.15) is 0 Å². The molecular formula is C12H13ClN4O2. The molecule has 0 unspecified atom stereocenters. The summed E-state index contributed by atoms with van der Waals surface area (Å²) >= 11 is 5.84. The maximum Gasteiger partial charge on any atom is 0.288 e. The number of rotatable bonds is 5. The molecule has 100 valence electrons. The van der Waals surface area contributed by atoms with Crippen molar-refractivity contribution in [2.45, 2.75) is 20.0 Å². The average molecular weight is 281 g/mol. The Labute approximate surface area is 115 Å². The lowest BCUT2D eigenvalue weighted by Gasteiger charge is -2.08. The summed E-state index contributed by atoms with van der Waals surface area (Å²) in [4.78, 5) is 14.2. The first-order chi connectivity index (χ1) is 9.11. The molecule has 7 heteroatoms. The predicted octanol–water partition coefficient (Wildman–Crippen LogP) is 3.08. The molecule has 1 heterocycles. The molecule has 0 fully saturated rings. The van der Waals surface area contributed by atoms with Gasteiger partial charge < -0.3 is 9.88 Å². The Hall–Kier alpha value is -2.08. The molecule has 2 aromatic rings. The van der Waals surface area contributed by atoms with Crippen molar-refractivity contribution in [1.82, 2.24) is 9.55 Å². The molecule has 0 bridgehead atoms. The second kappa shape index (κ2) is 5.71. The number of benzene rings is 1. The van der Waals surface area contributed by atoms with Gasteiger partial charge in [0.15, 0.2) is 0 Å². The second-order valence-corrected chi connectivity index (χ2v) is 4.36. The van der Waals surface area contributed by atoms with Crippen LogP contribution in [0.15, 0.2) is 30.7 Å². The normalized spacial score (nSPS) is 10.4. The fourth-order valence-electron chi connectivity index (χ4n) is 1.74. The highest BCUT2D eigenvalue weighted by molar-refractivity contribution is 6.32. The van der Waals surface area contributed by atoms with Gasteiger partial charge in [0.2, 0.25) is 0 Å². The molecule has 0 aliphatic heterocycles. The van der Waals surface area contributed by atoms with Gasteiger partial charge >= 0.3 is 0 Å². The Balaban J connectivity index is 2.08. The van der Waals surface area contributed by atoms with Crippen LogP contribution in [-0.4, -0.2) is 14.5 Å². The van der Waals surface area contributed by atoms with Crippen molar-refractivity contribution in [1.29, 1.82) is 0 Å². The van der Waals surface area contributed by atoms with Crippen molar-refractivity contribution in [3.8, 4) is 0 Å². The zero-order valence-electron chi connectivity index (χ0n) is 10.3. The van der Waals surface area contributed by atoms with E-state index in [0.717, 1.165) is 17.9 Å². The summed E-state index contributed by atoms with van der Waals surface area (Å²) in [6.45, 7) is 3.47. The van der Waals surface area contributed by atoms with Crippen molar-refractivity contribution in [2.24, 2.45) is 0 Å². The number of nitrogens with zero attached hydrogens (tertiary/aromatic N) is 3. The second-order valence-electron chi connectivity index (χ2n) is 3.95. The average Bonchev–Trinajstić information content (AvgIpc) is 2.83. The summed E-state index contributed by atoms with van der Waals surface area (Å²) in [6.07, 6.45) is 3.54. The number of aryl methyl sites for hydroxylation is 1. The zero-order chi connectivity index (χ0) is 13.8. The molecule has 1 aromatic heterocycles. The number of imidazole rings is 1. The standard InChI is InChI=1S/C12H13ClN4O2/c1-2-16-8-14-6-10(16)7-15-9-3-4-12(17(18)19)11(13)5-9/h3-6,8,15H,2,7H2,1H3. The van der Waals surface area contributed by atoms with Crippen LogP contribution < -0.4 is 5.32 Å². The Bertz CT molecular complexity index is 597. The van der Waals surface area contributed by atoms with Gasteiger partial charge in [-0.1, -0.05) is 11.6 Å². The van der Waals surface area contributed by atoms with Crippen LogP contribution in [0.4, 0.5) is 11.4 Å². The van der Waals surface area contributed by atoms with E-state index in [4.69, 9.17) is 11.6 Å². The van der Waals surface area contributed by atoms with Gasteiger partial charge in [-0.15, -0.1) is 0 Å². The van der Waals surface area contributed by atoms with E-state index in [9.17, 15) is 10.1 Å². The summed E-state index contributed by atoms with van der Waals surface area (Å²) in [6, 6.07) is 4.57. The number of hydrogen-bond acceptors (Lipinski definition) is 4. The monoisotopic (exact) mass is 280 g/mol. The SMILES string of the molecule is CCn1cncc1CNc1ccc([N+](=O)[O-])c(Cl)c1. The highest BCUT2D eigenvalue weighted by atomic mass is 35.5. The predicted molar refractivity (Wildman–Crippen MR) is 73.3 cm³/mol. The molecule has 0 atom stereocenters. The lowest BCUT2D eigenvalue weighted by atomic mass is 10.2. The number of nitro benzene ring substituents is 1. The van der Waals surface area contributed by atoms with Crippen LogP contribution in [0, 0.1) is 10.1 Å². The Kier molecular flexibility index (Phi) is 4.01. The maximum absolute atomic E-state index is 10.7. The third kappa shape index (κ3) is 3.03. The summed E-state index contributed by atoms with van der Waals surface area (Å²) in [7, 11) is 0. The van der Waals surface area contributed by atoms with E-state index < -0.39 is 4.92 Å². The molecule has 1 aromatic carbocycles. The van der Waals surface area contributed by atoms with Crippen LogP contribution in [0.3, 0.4) is 0 Å². The van der Waals surface area contributed by atoms with Crippen LogP contribution in [0.25, 0.3) is 0 Å². The number of aromatic nitrogens is 2. The van der Waals surface area contributed by atoms with Crippen LogP contribution >= 0.6 is 11.6 Å². The van der Waals surface area contributed by atoms with E-state index in [1.165, 1.54) is 6.07 Å². The highest BCUT2D eigenvalue weighted by Gasteiger charge is 2.12. The minimum atomic E-state index is -0.502. The van der Waals surface area contributed by atoms with Gasteiger partial charge in [-0.3, -0.25) is 10.1 Å². The minimum Gasteiger partial charge on any atom is -0.379 e. The summed E-state index contributed by atoms with van der Waals surface area (Å²) in [5.41, 5.74) is 1.68. The summed E-state index contributed by atoms with van der Waals surface area (Å²) in [5.74, 6) is 0. The van der Waals surface area contributed by atoms with E-state index in [1.54, 1.807) is 24.7 Å². The van der Waals surface area contributed by atoms with Crippen molar-refractivity contribution in [3.63, 3.8) is 0 Å². The van der Waals surface area contributed by atoms with E-state index in [2.05, 4.69) is 10.3 Å². The fourth-order valence-corrected chi connectivity index (χ4v) is 1.99. The molecule has 0 aliphatic carbocycles. The third-order valence-corrected chi connectivity index (χ3v) is 3.06.